The van der Waals surface area contributed by atoms with Gasteiger partial charge in [0.25, 0.3) is 0 Å². The summed E-state index contributed by atoms with van der Waals surface area (Å²) in [6.07, 6.45) is 0. The van der Waals surface area contributed by atoms with E-state index in [1.54, 1.807) is 26.4 Å². The fourth-order valence-electron chi connectivity index (χ4n) is 2.82. The first-order valence-electron chi connectivity index (χ1n) is 8.55. The minimum Gasteiger partial charge on any atom is -0.497 e. The summed E-state index contributed by atoms with van der Waals surface area (Å²) in [5.41, 5.74) is 3.06. The Kier molecular flexibility index (Phi) is 6.35. The molecule has 3 rings (SSSR count). The second-order valence-corrected chi connectivity index (χ2v) is 7.00. The van der Waals surface area contributed by atoms with Gasteiger partial charge in [-0.2, -0.15) is 0 Å². The smallest absolute Gasteiger partial charge is 0.139 e. The molecule has 3 aromatic carbocycles. The zero-order valence-electron chi connectivity index (χ0n) is 15.3. The molecule has 0 aromatic heterocycles. The minimum atomic E-state index is -0.276. The number of halogens is 2. The Bertz CT molecular complexity index is 832. The number of benzene rings is 3. The highest BCUT2D eigenvalue weighted by molar-refractivity contribution is 9.10. The van der Waals surface area contributed by atoms with Crippen LogP contribution < -0.4 is 14.4 Å². The van der Waals surface area contributed by atoms with Gasteiger partial charge in [0.15, 0.2) is 0 Å². The van der Waals surface area contributed by atoms with Gasteiger partial charge in [-0.05, 0) is 69.5 Å². The van der Waals surface area contributed by atoms with Crippen LogP contribution >= 0.6 is 15.9 Å². The highest BCUT2D eigenvalue weighted by atomic mass is 79.9. The van der Waals surface area contributed by atoms with Crippen molar-refractivity contribution in [1.82, 2.24) is 0 Å². The lowest BCUT2D eigenvalue weighted by molar-refractivity contribution is 0.414. The molecule has 3 aromatic rings. The zero-order chi connectivity index (χ0) is 19.2. The number of anilines is 1. The molecule has 5 heteroatoms. The summed E-state index contributed by atoms with van der Waals surface area (Å²) in [5, 5.41) is 0. The Balaban J connectivity index is 1.87. The molecule has 0 atom stereocenters. The topological polar surface area (TPSA) is 21.7 Å². The molecule has 0 spiro atoms. The molecule has 3 nitrogen and oxygen atoms in total. The van der Waals surface area contributed by atoms with E-state index in [9.17, 15) is 4.39 Å². The Morgan fingerprint density at radius 1 is 0.778 bits per heavy atom. The van der Waals surface area contributed by atoms with Crippen molar-refractivity contribution in [2.75, 3.05) is 19.1 Å². The Hall–Kier alpha value is -2.53. The first-order chi connectivity index (χ1) is 13.1. The van der Waals surface area contributed by atoms with Gasteiger partial charge in [-0.15, -0.1) is 0 Å². The summed E-state index contributed by atoms with van der Waals surface area (Å²) in [7, 11) is 3.30. The lowest BCUT2D eigenvalue weighted by Crippen LogP contribution is -2.22. The lowest BCUT2D eigenvalue weighted by Gasteiger charge is -2.26. The molecule has 27 heavy (non-hydrogen) atoms. The van der Waals surface area contributed by atoms with Crippen LogP contribution in [0.4, 0.5) is 10.1 Å². The normalized spacial score (nSPS) is 10.5. The molecule has 0 radical (unpaired) electrons. The molecule has 0 unspecified atom stereocenters. The first-order valence-corrected chi connectivity index (χ1v) is 9.34. The summed E-state index contributed by atoms with van der Waals surface area (Å²) in [6.45, 7) is 1.30. The Labute approximate surface area is 167 Å². The van der Waals surface area contributed by atoms with Crippen molar-refractivity contribution in [2.45, 2.75) is 13.1 Å². The average molecular weight is 430 g/mol. The van der Waals surface area contributed by atoms with E-state index in [2.05, 4.69) is 20.8 Å². The van der Waals surface area contributed by atoms with Crippen LogP contribution in [-0.2, 0) is 13.1 Å². The van der Waals surface area contributed by atoms with Crippen molar-refractivity contribution in [3.05, 3.63) is 88.1 Å². The highest BCUT2D eigenvalue weighted by Crippen LogP contribution is 2.26. The maximum absolute atomic E-state index is 14.1. The van der Waals surface area contributed by atoms with Crippen molar-refractivity contribution >= 4 is 21.6 Å². The van der Waals surface area contributed by atoms with Crippen molar-refractivity contribution in [3.63, 3.8) is 0 Å². The van der Waals surface area contributed by atoms with Crippen LogP contribution in [0.1, 0.15) is 11.1 Å². The fourth-order valence-corrected chi connectivity index (χ4v) is 3.07. The van der Waals surface area contributed by atoms with Crippen molar-refractivity contribution in [2.24, 2.45) is 0 Å². The third-order valence-electron chi connectivity index (χ3n) is 4.33. The molecule has 0 N–H and O–H groups in total. The quantitative estimate of drug-likeness (QED) is 0.472. The van der Waals surface area contributed by atoms with Gasteiger partial charge < -0.3 is 14.4 Å². The number of nitrogens with zero attached hydrogens (tertiary/aromatic N) is 1. The maximum Gasteiger partial charge on any atom is 0.139 e. The van der Waals surface area contributed by atoms with E-state index in [1.807, 2.05) is 54.6 Å². The molecule has 0 heterocycles. The van der Waals surface area contributed by atoms with Crippen LogP contribution in [0.15, 0.2) is 71.2 Å². The minimum absolute atomic E-state index is 0.276. The SMILES string of the molecule is COc1ccc(CN(Cc2ccc(OC)cc2)c2ccc(Br)c(F)c2)cc1. The monoisotopic (exact) mass is 429 g/mol. The van der Waals surface area contributed by atoms with Crippen LogP contribution in [0.2, 0.25) is 0 Å². The molecule has 0 bridgehead atoms. The van der Waals surface area contributed by atoms with Gasteiger partial charge in [0, 0.05) is 18.8 Å². The second kappa shape index (κ2) is 8.91. The van der Waals surface area contributed by atoms with Crippen LogP contribution in [0.5, 0.6) is 11.5 Å². The number of rotatable bonds is 7. The van der Waals surface area contributed by atoms with Gasteiger partial charge in [0.2, 0.25) is 0 Å². The van der Waals surface area contributed by atoms with Crippen LogP contribution in [-0.4, -0.2) is 14.2 Å². The molecule has 0 aliphatic carbocycles. The number of methoxy groups -OCH3 is 2. The van der Waals surface area contributed by atoms with E-state index >= 15 is 0 Å². The summed E-state index contributed by atoms with van der Waals surface area (Å²) in [6, 6.07) is 21.0. The Morgan fingerprint density at radius 3 is 1.67 bits per heavy atom. The molecule has 0 saturated carbocycles. The van der Waals surface area contributed by atoms with Gasteiger partial charge in [0.05, 0.1) is 18.7 Å². The number of ether oxygens (including phenoxy) is 2. The molecular formula is C22H21BrFNO2. The summed E-state index contributed by atoms with van der Waals surface area (Å²) >= 11 is 3.22. The third-order valence-corrected chi connectivity index (χ3v) is 4.98. The van der Waals surface area contributed by atoms with Crippen LogP contribution in [0, 0.1) is 5.82 Å². The van der Waals surface area contributed by atoms with Gasteiger partial charge in [-0.1, -0.05) is 24.3 Å². The van der Waals surface area contributed by atoms with E-state index < -0.39 is 0 Å². The molecular weight excluding hydrogens is 409 g/mol. The second-order valence-electron chi connectivity index (χ2n) is 6.15. The predicted octanol–water partition coefficient (Wildman–Crippen LogP) is 5.81. The molecule has 0 aliphatic rings. The van der Waals surface area contributed by atoms with E-state index in [1.165, 1.54) is 0 Å². The first kappa shape index (κ1) is 19.2. The van der Waals surface area contributed by atoms with Gasteiger partial charge in [-0.3, -0.25) is 0 Å². The van der Waals surface area contributed by atoms with Crippen molar-refractivity contribution in [3.8, 4) is 11.5 Å². The number of hydrogen-bond acceptors (Lipinski definition) is 3. The van der Waals surface area contributed by atoms with Gasteiger partial charge >= 0.3 is 0 Å². The standard InChI is InChI=1S/C22H21BrFNO2/c1-26-19-8-3-16(4-9-19)14-25(18-7-12-21(23)22(24)13-18)15-17-5-10-20(27-2)11-6-17/h3-13H,14-15H2,1-2H3. The summed E-state index contributed by atoms with van der Waals surface area (Å²) in [4.78, 5) is 2.14. The zero-order valence-corrected chi connectivity index (χ0v) is 16.9. The predicted molar refractivity (Wildman–Crippen MR) is 110 cm³/mol. The fraction of sp³-hybridized carbons (Fsp3) is 0.182. The largest absolute Gasteiger partial charge is 0.497 e. The van der Waals surface area contributed by atoms with Crippen LogP contribution in [0.3, 0.4) is 0 Å². The molecule has 0 amide bonds. The highest BCUT2D eigenvalue weighted by Gasteiger charge is 2.11. The van der Waals surface area contributed by atoms with E-state index in [-0.39, 0.29) is 5.82 Å². The summed E-state index contributed by atoms with van der Waals surface area (Å²) in [5.74, 6) is 1.35. The van der Waals surface area contributed by atoms with Crippen LogP contribution in [0.25, 0.3) is 0 Å². The Morgan fingerprint density at radius 2 is 1.26 bits per heavy atom. The van der Waals surface area contributed by atoms with Gasteiger partial charge in [-0.25, -0.2) is 4.39 Å². The third kappa shape index (κ3) is 5.01. The van der Waals surface area contributed by atoms with E-state index in [4.69, 9.17) is 9.47 Å². The molecule has 140 valence electrons. The van der Waals surface area contributed by atoms with Crippen molar-refractivity contribution < 1.29 is 13.9 Å². The van der Waals surface area contributed by atoms with Gasteiger partial charge in [0.1, 0.15) is 17.3 Å². The van der Waals surface area contributed by atoms with E-state index in [0.29, 0.717) is 17.6 Å². The van der Waals surface area contributed by atoms with E-state index in [0.717, 1.165) is 28.3 Å². The number of hydrogen-bond donors (Lipinski definition) is 0. The van der Waals surface area contributed by atoms with Crippen molar-refractivity contribution in [1.29, 1.82) is 0 Å². The maximum atomic E-state index is 14.1. The average Bonchev–Trinajstić information content (AvgIpc) is 2.70. The lowest BCUT2D eigenvalue weighted by atomic mass is 10.1. The molecule has 0 saturated heterocycles. The molecule has 0 aliphatic heterocycles. The summed E-state index contributed by atoms with van der Waals surface area (Å²) < 4.78 is 25.0. The molecule has 0 fully saturated rings.